The van der Waals surface area contributed by atoms with Crippen LogP contribution in [0.25, 0.3) is 10.9 Å². The quantitative estimate of drug-likeness (QED) is 0.633. The van der Waals surface area contributed by atoms with E-state index in [0.29, 0.717) is 36.8 Å². The van der Waals surface area contributed by atoms with Crippen LogP contribution in [0.5, 0.6) is 0 Å². The molecule has 1 saturated heterocycles. The highest BCUT2D eigenvalue weighted by atomic mass is 35.5. The normalized spacial score (nSPS) is 17.4. The van der Waals surface area contributed by atoms with Gasteiger partial charge >= 0.3 is 6.03 Å². The third-order valence-electron chi connectivity index (χ3n) is 6.03. The second-order valence-electron chi connectivity index (χ2n) is 8.63. The molecule has 0 spiro atoms. The fourth-order valence-electron chi connectivity index (χ4n) is 4.08. The Morgan fingerprint density at radius 1 is 1.40 bits per heavy atom. The number of carbonyl (C=O) groups excluding carboxylic acids is 1. The van der Waals surface area contributed by atoms with E-state index in [1.54, 1.807) is 0 Å². The van der Waals surface area contributed by atoms with Crippen LogP contribution >= 0.6 is 11.6 Å². The van der Waals surface area contributed by atoms with Gasteiger partial charge in [-0.15, -0.1) is 0 Å². The zero-order valence-corrected chi connectivity index (χ0v) is 17.9. The van der Waals surface area contributed by atoms with Crippen LogP contribution in [0.1, 0.15) is 45.3 Å². The fraction of sp³-hybridized carbons (Fsp3) is 0.600. The van der Waals surface area contributed by atoms with Crippen molar-refractivity contribution in [3.05, 3.63) is 28.7 Å². The number of aromatic amines is 1. The van der Waals surface area contributed by atoms with E-state index in [-0.39, 0.29) is 16.5 Å². The molecule has 2 heterocycles. The molecule has 6 nitrogen and oxygen atoms in total. The van der Waals surface area contributed by atoms with Gasteiger partial charge in [0, 0.05) is 31.0 Å². The number of nitrogens with zero attached hydrogens (tertiary/aromatic N) is 2. The van der Waals surface area contributed by atoms with Gasteiger partial charge in [0.05, 0.1) is 29.4 Å². The lowest BCUT2D eigenvalue weighted by molar-refractivity contribution is -0.0169. The highest BCUT2D eigenvalue weighted by Gasteiger charge is 2.41. The number of H-pyrrole nitrogens is 1. The molecule has 1 aliphatic rings. The second-order valence-corrected chi connectivity index (χ2v) is 9.04. The molecule has 3 N–H and O–H groups in total. The summed E-state index contributed by atoms with van der Waals surface area (Å²) in [6.07, 6.45) is 1.45. The number of nitrogens with one attached hydrogen (secondary N) is 2. The lowest BCUT2D eigenvalue weighted by Gasteiger charge is -2.43. The third-order valence-corrected chi connectivity index (χ3v) is 6.30. The van der Waals surface area contributed by atoms with Gasteiger partial charge in [-0.25, -0.2) is 18.0 Å². The molecule has 166 valence electrons. The summed E-state index contributed by atoms with van der Waals surface area (Å²) in [7, 11) is 0. The number of hydrogen-bond donors (Lipinski definition) is 3. The SMILES string of the molecule is CC(F)(F)CNC(=O)N1CCC(C(C)(C)[C@H](O)c2c(F)c(Cl)cc3cn[nH]c23)CC1. The van der Waals surface area contributed by atoms with Gasteiger partial charge in [0.25, 0.3) is 5.92 Å². The minimum absolute atomic E-state index is 0.0273. The summed E-state index contributed by atoms with van der Waals surface area (Å²) in [6, 6.07) is 0.920. The van der Waals surface area contributed by atoms with Gasteiger partial charge in [-0.2, -0.15) is 5.10 Å². The Hall–Kier alpha value is -2.00. The second kappa shape index (κ2) is 8.26. The molecule has 1 atom stereocenters. The summed E-state index contributed by atoms with van der Waals surface area (Å²) in [5.41, 5.74) is -0.261. The summed E-state index contributed by atoms with van der Waals surface area (Å²) in [6.45, 7) is 4.44. The average molecular weight is 447 g/mol. The summed E-state index contributed by atoms with van der Waals surface area (Å²) >= 11 is 6.01. The minimum atomic E-state index is -2.97. The number of urea groups is 1. The number of piperidine rings is 1. The first-order chi connectivity index (χ1) is 13.9. The average Bonchev–Trinajstić information content (AvgIpc) is 3.13. The maximum Gasteiger partial charge on any atom is 0.317 e. The Balaban J connectivity index is 1.72. The summed E-state index contributed by atoms with van der Waals surface area (Å²) in [5.74, 6) is -3.69. The topological polar surface area (TPSA) is 81.2 Å². The van der Waals surface area contributed by atoms with Crippen molar-refractivity contribution < 1.29 is 23.1 Å². The van der Waals surface area contributed by atoms with E-state index in [9.17, 15) is 23.1 Å². The summed E-state index contributed by atoms with van der Waals surface area (Å²) < 4.78 is 40.8. The Labute approximate surface area is 177 Å². The van der Waals surface area contributed by atoms with Gasteiger partial charge in [0.1, 0.15) is 5.82 Å². The molecule has 1 aliphatic heterocycles. The van der Waals surface area contributed by atoms with E-state index < -0.39 is 35.8 Å². The number of hydrogen-bond acceptors (Lipinski definition) is 3. The van der Waals surface area contributed by atoms with Gasteiger partial charge < -0.3 is 15.3 Å². The number of halogens is 4. The van der Waals surface area contributed by atoms with Crippen LogP contribution < -0.4 is 5.32 Å². The third kappa shape index (κ3) is 4.51. The monoisotopic (exact) mass is 446 g/mol. The molecule has 0 unspecified atom stereocenters. The van der Waals surface area contributed by atoms with Crippen LogP contribution in [0.4, 0.5) is 18.0 Å². The number of likely N-dealkylation sites (tertiary alicyclic amines) is 1. The molecule has 3 rings (SSSR count). The number of rotatable bonds is 5. The molecule has 10 heteroatoms. The fourth-order valence-corrected chi connectivity index (χ4v) is 4.30. The Bertz CT molecular complexity index is 921. The Morgan fingerprint density at radius 2 is 2.03 bits per heavy atom. The minimum Gasteiger partial charge on any atom is -0.388 e. The number of aliphatic hydroxyl groups excluding tert-OH is 1. The van der Waals surface area contributed by atoms with Gasteiger partial charge in [-0.3, -0.25) is 5.10 Å². The zero-order chi connectivity index (χ0) is 22.3. The van der Waals surface area contributed by atoms with Crippen molar-refractivity contribution in [2.75, 3.05) is 19.6 Å². The molecule has 1 aromatic heterocycles. The molecule has 1 fully saturated rings. The van der Waals surface area contributed by atoms with Crippen LogP contribution in [-0.2, 0) is 0 Å². The predicted octanol–water partition coefficient (Wildman–Crippen LogP) is 4.49. The van der Waals surface area contributed by atoms with Crippen LogP contribution in [0.3, 0.4) is 0 Å². The van der Waals surface area contributed by atoms with Crippen molar-refractivity contribution in [1.29, 1.82) is 0 Å². The van der Waals surface area contributed by atoms with Gasteiger partial charge in [0.15, 0.2) is 0 Å². The van der Waals surface area contributed by atoms with Crippen LogP contribution in [0, 0.1) is 17.2 Å². The van der Waals surface area contributed by atoms with Crippen LogP contribution in [0.2, 0.25) is 5.02 Å². The van der Waals surface area contributed by atoms with E-state index in [2.05, 4.69) is 15.5 Å². The number of alkyl halides is 2. The first-order valence-electron chi connectivity index (χ1n) is 9.81. The molecule has 0 radical (unpaired) electrons. The van der Waals surface area contributed by atoms with Crippen molar-refractivity contribution in [2.24, 2.45) is 11.3 Å². The van der Waals surface area contributed by atoms with E-state index >= 15 is 0 Å². The summed E-state index contributed by atoms with van der Waals surface area (Å²) in [4.78, 5) is 13.6. The highest BCUT2D eigenvalue weighted by Crippen LogP contribution is 2.47. The van der Waals surface area contributed by atoms with Gasteiger partial charge in [0.2, 0.25) is 0 Å². The van der Waals surface area contributed by atoms with Crippen LogP contribution in [-0.4, -0.2) is 51.8 Å². The molecular formula is C20H26ClF3N4O2. The number of carbonyl (C=O) groups is 1. The largest absolute Gasteiger partial charge is 0.388 e. The summed E-state index contributed by atoms with van der Waals surface area (Å²) in [5, 5.41) is 20.5. The highest BCUT2D eigenvalue weighted by molar-refractivity contribution is 6.31. The Morgan fingerprint density at radius 3 is 2.63 bits per heavy atom. The molecule has 2 amide bonds. The standard InChI is InChI=1S/C20H26ClF3N4O2/c1-19(2,12-4-6-28(7-5-12)18(30)25-10-20(3,23)24)17(29)14-15(22)13(21)8-11-9-26-27-16(11)14/h8-9,12,17,29H,4-7,10H2,1-3H3,(H,25,30)(H,26,27)/t17-/m1/s1. The van der Waals surface area contributed by atoms with E-state index in [1.807, 2.05) is 13.8 Å². The lowest BCUT2D eigenvalue weighted by atomic mass is 9.68. The van der Waals surface area contributed by atoms with Gasteiger partial charge in [-0.05, 0) is 30.2 Å². The Kier molecular flexibility index (Phi) is 6.25. The molecule has 30 heavy (non-hydrogen) atoms. The maximum atomic E-state index is 14.8. The lowest BCUT2D eigenvalue weighted by Crippen LogP contribution is -2.49. The van der Waals surface area contributed by atoms with Crippen molar-refractivity contribution in [2.45, 2.75) is 45.6 Å². The maximum absolute atomic E-state index is 14.8. The van der Waals surface area contributed by atoms with E-state index in [0.717, 1.165) is 6.92 Å². The molecule has 0 bridgehead atoms. The van der Waals surface area contributed by atoms with Crippen molar-refractivity contribution in [3.8, 4) is 0 Å². The van der Waals surface area contributed by atoms with Gasteiger partial charge in [-0.1, -0.05) is 25.4 Å². The molecule has 0 aliphatic carbocycles. The number of aromatic nitrogens is 2. The van der Waals surface area contributed by atoms with E-state index in [1.165, 1.54) is 17.2 Å². The first kappa shape index (κ1) is 22.7. The van der Waals surface area contributed by atoms with Crippen molar-refractivity contribution >= 4 is 28.5 Å². The number of fused-ring (bicyclic) bond motifs is 1. The smallest absolute Gasteiger partial charge is 0.317 e. The van der Waals surface area contributed by atoms with E-state index in [4.69, 9.17) is 11.6 Å². The van der Waals surface area contributed by atoms with Crippen LogP contribution in [0.15, 0.2) is 12.3 Å². The number of amides is 2. The first-order valence-corrected chi connectivity index (χ1v) is 10.2. The molecule has 1 aromatic carbocycles. The number of aliphatic hydroxyl groups is 1. The molecular weight excluding hydrogens is 421 g/mol. The zero-order valence-electron chi connectivity index (χ0n) is 17.1. The predicted molar refractivity (Wildman–Crippen MR) is 108 cm³/mol. The molecule has 0 saturated carbocycles. The van der Waals surface area contributed by atoms with Crippen molar-refractivity contribution in [1.82, 2.24) is 20.4 Å². The van der Waals surface area contributed by atoms with Crippen molar-refractivity contribution in [3.63, 3.8) is 0 Å². The molecule has 2 aromatic rings. The number of benzene rings is 1.